The summed E-state index contributed by atoms with van der Waals surface area (Å²) in [4.78, 5) is 28.3. The van der Waals surface area contributed by atoms with Gasteiger partial charge in [0.15, 0.2) is 11.5 Å². The maximum atomic E-state index is 13.6. The molecule has 0 radical (unpaired) electrons. The van der Waals surface area contributed by atoms with Gasteiger partial charge in [-0.1, -0.05) is 60.1 Å². The summed E-state index contributed by atoms with van der Waals surface area (Å²) in [6, 6.07) is 22.2. The second-order valence-electron chi connectivity index (χ2n) is 8.45. The number of nitrogens with zero attached hydrogens (tertiary/aromatic N) is 1. The van der Waals surface area contributed by atoms with Gasteiger partial charge < -0.3 is 19.7 Å². The summed E-state index contributed by atoms with van der Waals surface area (Å²) in [5.41, 5.74) is 2.87. The zero-order valence-electron chi connectivity index (χ0n) is 19.7. The third-order valence-electron chi connectivity index (χ3n) is 6.02. The molecular weight excluding hydrogens is 464 g/mol. The molecular formula is C28H29ClN2O4. The minimum absolute atomic E-state index is 0.0978. The molecule has 1 N–H and O–H groups in total. The second kappa shape index (κ2) is 11.8. The smallest absolute Gasteiger partial charge is 0.242 e. The van der Waals surface area contributed by atoms with Gasteiger partial charge in [-0.2, -0.15) is 0 Å². The molecule has 0 unspecified atom stereocenters. The Labute approximate surface area is 210 Å². The largest absolute Gasteiger partial charge is 0.486 e. The van der Waals surface area contributed by atoms with Crippen LogP contribution >= 0.6 is 11.6 Å². The van der Waals surface area contributed by atoms with Crippen LogP contribution in [0.25, 0.3) is 0 Å². The van der Waals surface area contributed by atoms with Gasteiger partial charge in [0.05, 0.1) is 0 Å². The van der Waals surface area contributed by atoms with Crippen LogP contribution in [0.5, 0.6) is 11.5 Å². The summed E-state index contributed by atoms with van der Waals surface area (Å²) >= 11 is 6.06. The van der Waals surface area contributed by atoms with Crippen LogP contribution in [0.4, 0.5) is 0 Å². The first kappa shape index (κ1) is 24.6. The van der Waals surface area contributed by atoms with Crippen molar-refractivity contribution in [2.75, 3.05) is 20.3 Å². The predicted octanol–water partition coefficient (Wildman–Crippen LogP) is 4.43. The van der Waals surface area contributed by atoms with Crippen LogP contribution in [0.3, 0.4) is 0 Å². The Bertz CT molecular complexity index is 1150. The summed E-state index contributed by atoms with van der Waals surface area (Å²) in [7, 11) is 1.60. The monoisotopic (exact) mass is 492 g/mol. The molecule has 182 valence electrons. The summed E-state index contributed by atoms with van der Waals surface area (Å²) < 4.78 is 11.3. The first-order valence-electron chi connectivity index (χ1n) is 11.7. The van der Waals surface area contributed by atoms with Gasteiger partial charge in [0.2, 0.25) is 11.8 Å². The van der Waals surface area contributed by atoms with Crippen LogP contribution < -0.4 is 14.8 Å². The number of hydrogen-bond donors (Lipinski definition) is 1. The van der Waals surface area contributed by atoms with Crippen molar-refractivity contribution in [2.45, 2.75) is 31.8 Å². The average molecular weight is 493 g/mol. The fraction of sp³-hybridized carbons (Fsp3) is 0.286. The highest BCUT2D eigenvalue weighted by molar-refractivity contribution is 6.30. The maximum absolute atomic E-state index is 13.6. The normalized spacial score (nSPS) is 13.1. The van der Waals surface area contributed by atoms with Gasteiger partial charge in [0, 0.05) is 31.5 Å². The van der Waals surface area contributed by atoms with Gasteiger partial charge in [-0.25, -0.2) is 0 Å². The minimum atomic E-state index is -0.647. The Balaban J connectivity index is 1.56. The topological polar surface area (TPSA) is 67.9 Å². The third kappa shape index (κ3) is 6.55. The van der Waals surface area contributed by atoms with Crippen LogP contribution in [-0.4, -0.2) is 43.0 Å². The van der Waals surface area contributed by atoms with Gasteiger partial charge in [-0.15, -0.1) is 0 Å². The quantitative estimate of drug-likeness (QED) is 0.480. The van der Waals surface area contributed by atoms with Crippen LogP contribution in [0.1, 0.15) is 23.1 Å². The van der Waals surface area contributed by atoms with Crippen molar-refractivity contribution in [2.24, 2.45) is 0 Å². The number of carbonyl (C=O) groups excluding carboxylic acids is 2. The Kier molecular flexibility index (Phi) is 8.27. The maximum Gasteiger partial charge on any atom is 0.242 e. The molecule has 0 saturated heterocycles. The number of fused-ring (bicyclic) bond motifs is 1. The number of rotatable bonds is 9. The number of nitrogens with one attached hydrogen (secondary N) is 1. The summed E-state index contributed by atoms with van der Waals surface area (Å²) in [5.74, 6) is 1.12. The van der Waals surface area contributed by atoms with E-state index in [0.717, 1.165) is 22.4 Å². The third-order valence-corrected chi connectivity index (χ3v) is 6.27. The molecule has 1 heterocycles. The van der Waals surface area contributed by atoms with E-state index in [1.54, 1.807) is 24.1 Å². The molecule has 35 heavy (non-hydrogen) atoms. The lowest BCUT2D eigenvalue weighted by atomic mass is 10.0. The zero-order chi connectivity index (χ0) is 24.6. The Morgan fingerprint density at radius 3 is 2.31 bits per heavy atom. The zero-order valence-corrected chi connectivity index (χ0v) is 20.5. The van der Waals surface area contributed by atoms with Crippen molar-refractivity contribution >= 4 is 23.4 Å². The van der Waals surface area contributed by atoms with Crippen LogP contribution in [0.15, 0.2) is 72.8 Å². The number of hydrogen-bond acceptors (Lipinski definition) is 4. The standard InChI is InChI=1S/C28H29ClN2O4/c1-30-28(33)24(17-20-5-3-2-4-6-20)31(19-22-7-11-23(29)12-8-22)27(32)14-10-21-9-13-25-26(18-21)35-16-15-34-25/h2-9,11-13,18,24H,10,14-17,19H2,1H3,(H,30,33)/t24-/m0/s1. The molecule has 0 spiro atoms. The van der Waals surface area contributed by atoms with E-state index in [4.69, 9.17) is 21.1 Å². The van der Waals surface area contributed by atoms with Gasteiger partial charge in [-0.05, 0) is 47.4 Å². The highest BCUT2D eigenvalue weighted by Gasteiger charge is 2.29. The van der Waals surface area contributed by atoms with Gasteiger partial charge in [0.1, 0.15) is 19.3 Å². The fourth-order valence-corrected chi connectivity index (χ4v) is 4.27. The molecule has 2 amide bonds. The van der Waals surface area contributed by atoms with E-state index in [0.29, 0.717) is 43.4 Å². The number of likely N-dealkylation sites (N-methyl/N-ethyl adjacent to an activating group) is 1. The van der Waals surface area contributed by atoms with Gasteiger partial charge in [-0.3, -0.25) is 9.59 Å². The van der Waals surface area contributed by atoms with E-state index in [9.17, 15) is 9.59 Å². The summed E-state index contributed by atoms with van der Waals surface area (Å²) in [5, 5.41) is 3.36. The lowest BCUT2D eigenvalue weighted by molar-refractivity contribution is -0.141. The molecule has 3 aromatic rings. The summed E-state index contributed by atoms with van der Waals surface area (Å²) in [6.07, 6.45) is 1.21. The SMILES string of the molecule is CNC(=O)[C@H](Cc1ccccc1)N(Cc1ccc(Cl)cc1)C(=O)CCc1ccc2c(c1)OCCO2. The van der Waals surface area contributed by atoms with Crippen molar-refractivity contribution in [3.8, 4) is 11.5 Å². The molecule has 0 saturated carbocycles. The number of ether oxygens (including phenoxy) is 2. The molecule has 7 heteroatoms. The van der Waals surface area contributed by atoms with E-state index in [2.05, 4.69) is 5.32 Å². The predicted molar refractivity (Wildman–Crippen MR) is 136 cm³/mol. The average Bonchev–Trinajstić information content (AvgIpc) is 2.90. The van der Waals surface area contributed by atoms with Crippen LogP contribution in [0.2, 0.25) is 5.02 Å². The highest BCUT2D eigenvalue weighted by Crippen LogP contribution is 2.31. The number of benzene rings is 3. The Hall–Kier alpha value is -3.51. The first-order chi connectivity index (χ1) is 17.0. The lowest BCUT2D eigenvalue weighted by Crippen LogP contribution is -2.49. The van der Waals surface area contributed by atoms with E-state index in [1.165, 1.54) is 0 Å². The Morgan fingerprint density at radius 2 is 1.60 bits per heavy atom. The molecule has 0 aliphatic carbocycles. The van der Waals surface area contributed by atoms with Crippen molar-refractivity contribution < 1.29 is 19.1 Å². The molecule has 0 aromatic heterocycles. The molecule has 1 atom stereocenters. The van der Waals surface area contributed by atoms with E-state index in [-0.39, 0.29) is 18.2 Å². The first-order valence-corrected chi connectivity index (χ1v) is 12.1. The number of amides is 2. The number of halogens is 1. The second-order valence-corrected chi connectivity index (χ2v) is 8.88. The number of carbonyl (C=O) groups is 2. The molecule has 1 aliphatic heterocycles. The molecule has 1 aliphatic rings. The fourth-order valence-electron chi connectivity index (χ4n) is 4.15. The van der Waals surface area contributed by atoms with Crippen LogP contribution in [-0.2, 0) is 29.0 Å². The van der Waals surface area contributed by atoms with E-state index >= 15 is 0 Å². The van der Waals surface area contributed by atoms with Crippen molar-refractivity contribution in [3.05, 3.63) is 94.5 Å². The van der Waals surface area contributed by atoms with E-state index < -0.39 is 6.04 Å². The van der Waals surface area contributed by atoms with Crippen LogP contribution in [0, 0.1) is 0 Å². The van der Waals surface area contributed by atoms with E-state index in [1.807, 2.05) is 60.7 Å². The van der Waals surface area contributed by atoms with Crippen molar-refractivity contribution in [3.63, 3.8) is 0 Å². The lowest BCUT2D eigenvalue weighted by Gasteiger charge is -2.31. The van der Waals surface area contributed by atoms with Gasteiger partial charge >= 0.3 is 0 Å². The molecule has 3 aromatic carbocycles. The molecule has 0 fully saturated rings. The molecule has 6 nitrogen and oxygen atoms in total. The Morgan fingerprint density at radius 1 is 0.914 bits per heavy atom. The molecule has 0 bridgehead atoms. The molecule has 4 rings (SSSR count). The highest BCUT2D eigenvalue weighted by atomic mass is 35.5. The summed E-state index contributed by atoms with van der Waals surface area (Å²) in [6.45, 7) is 1.35. The van der Waals surface area contributed by atoms with Crippen molar-refractivity contribution in [1.29, 1.82) is 0 Å². The number of aryl methyl sites for hydroxylation is 1. The van der Waals surface area contributed by atoms with Gasteiger partial charge in [0.25, 0.3) is 0 Å². The minimum Gasteiger partial charge on any atom is -0.486 e. The van der Waals surface area contributed by atoms with Crippen molar-refractivity contribution in [1.82, 2.24) is 10.2 Å².